The fourth-order valence-corrected chi connectivity index (χ4v) is 2.19. The average Bonchev–Trinajstić information content (AvgIpc) is 2.42. The van der Waals surface area contributed by atoms with Crippen LogP contribution in [-0.4, -0.2) is 74.7 Å². The van der Waals surface area contributed by atoms with Crippen LogP contribution in [0.2, 0.25) is 0 Å². The first-order valence-electron chi connectivity index (χ1n) is 7.62. The zero-order valence-corrected chi connectivity index (χ0v) is 13.1. The Hall–Kier alpha value is -0.810. The molecule has 1 heterocycles. The lowest BCUT2D eigenvalue weighted by Crippen LogP contribution is -2.49. The quantitative estimate of drug-likeness (QED) is 0.547. The highest BCUT2D eigenvalue weighted by Crippen LogP contribution is 2.05. The van der Waals surface area contributed by atoms with Crippen LogP contribution in [0.25, 0.3) is 0 Å². The van der Waals surface area contributed by atoms with Crippen LogP contribution in [0.4, 0.5) is 0 Å². The largest absolute Gasteiger partial charge is 0.357 e. The lowest BCUT2D eigenvalue weighted by molar-refractivity contribution is 0.122. The van der Waals surface area contributed by atoms with E-state index >= 15 is 0 Å². The van der Waals surface area contributed by atoms with Crippen LogP contribution < -0.4 is 10.6 Å². The van der Waals surface area contributed by atoms with E-state index in [1.807, 2.05) is 0 Å². The van der Waals surface area contributed by atoms with E-state index in [0.29, 0.717) is 6.04 Å². The van der Waals surface area contributed by atoms with E-state index in [0.717, 1.165) is 45.1 Å². The molecule has 0 saturated carbocycles. The van der Waals surface area contributed by atoms with Gasteiger partial charge in [-0.3, -0.25) is 9.89 Å². The molecule has 2 N–H and O–H groups in total. The number of aliphatic imine (C=N–C) groups is 1. The Kier molecular flexibility index (Phi) is 7.82. The number of rotatable bonds is 6. The van der Waals surface area contributed by atoms with E-state index in [9.17, 15) is 0 Å². The van der Waals surface area contributed by atoms with Crippen molar-refractivity contribution in [1.82, 2.24) is 20.4 Å². The lowest BCUT2D eigenvalue weighted by Gasteiger charge is -2.35. The van der Waals surface area contributed by atoms with E-state index in [1.165, 1.54) is 13.1 Å². The number of hydrogen-bond donors (Lipinski definition) is 2. The van der Waals surface area contributed by atoms with Gasteiger partial charge in [0.15, 0.2) is 5.96 Å². The van der Waals surface area contributed by atoms with E-state index in [2.05, 4.69) is 53.2 Å². The monoisotopic (exact) mass is 269 g/mol. The average molecular weight is 269 g/mol. The zero-order valence-electron chi connectivity index (χ0n) is 13.1. The van der Waals surface area contributed by atoms with Gasteiger partial charge < -0.3 is 15.5 Å². The molecule has 1 atom stereocenters. The smallest absolute Gasteiger partial charge is 0.191 e. The van der Waals surface area contributed by atoms with Crippen LogP contribution in [-0.2, 0) is 0 Å². The molecule has 19 heavy (non-hydrogen) atoms. The van der Waals surface area contributed by atoms with Crippen molar-refractivity contribution in [2.24, 2.45) is 4.99 Å². The van der Waals surface area contributed by atoms with Gasteiger partial charge in [0.05, 0.1) is 6.54 Å². The zero-order chi connectivity index (χ0) is 14.1. The summed E-state index contributed by atoms with van der Waals surface area (Å²) >= 11 is 0. The van der Waals surface area contributed by atoms with Gasteiger partial charge >= 0.3 is 0 Å². The normalized spacial score (nSPS) is 20.3. The maximum Gasteiger partial charge on any atom is 0.191 e. The van der Waals surface area contributed by atoms with Crippen molar-refractivity contribution in [3.05, 3.63) is 0 Å². The van der Waals surface area contributed by atoms with Crippen LogP contribution in [0.5, 0.6) is 0 Å². The summed E-state index contributed by atoms with van der Waals surface area (Å²) in [6, 6.07) is 0.519. The van der Waals surface area contributed by atoms with E-state index < -0.39 is 0 Å². The first kappa shape index (κ1) is 16.2. The maximum absolute atomic E-state index is 4.68. The van der Waals surface area contributed by atoms with Crippen LogP contribution in [0, 0.1) is 0 Å². The van der Waals surface area contributed by atoms with Crippen LogP contribution in [0.3, 0.4) is 0 Å². The number of piperazine rings is 1. The van der Waals surface area contributed by atoms with Crippen molar-refractivity contribution in [3.8, 4) is 0 Å². The molecule has 5 nitrogen and oxygen atoms in total. The molecule has 0 bridgehead atoms. The van der Waals surface area contributed by atoms with Gasteiger partial charge in [-0.05, 0) is 27.3 Å². The molecule has 1 fully saturated rings. The SMILES string of the molecule is CCCNC(=NCC(C)N1CCN(C)CC1)NCC. The summed E-state index contributed by atoms with van der Waals surface area (Å²) in [4.78, 5) is 9.61. The predicted molar refractivity (Wildman–Crippen MR) is 82.8 cm³/mol. The highest BCUT2D eigenvalue weighted by atomic mass is 15.3. The Morgan fingerprint density at radius 3 is 2.42 bits per heavy atom. The van der Waals surface area contributed by atoms with Gasteiger partial charge in [-0.2, -0.15) is 0 Å². The Morgan fingerprint density at radius 2 is 1.84 bits per heavy atom. The van der Waals surface area contributed by atoms with Gasteiger partial charge in [0.1, 0.15) is 0 Å². The van der Waals surface area contributed by atoms with Gasteiger partial charge in [0, 0.05) is 45.3 Å². The molecule has 0 amide bonds. The van der Waals surface area contributed by atoms with E-state index in [4.69, 9.17) is 0 Å². The molecule has 1 saturated heterocycles. The molecule has 1 aliphatic heterocycles. The highest BCUT2D eigenvalue weighted by Gasteiger charge is 2.18. The molecule has 1 rings (SSSR count). The Labute approximate surface area is 118 Å². The molecule has 0 aromatic rings. The third-order valence-electron chi connectivity index (χ3n) is 3.56. The van der Waals surface area contributed by atoms with Crippen LogP contribution in [0.1, 0.15) is 27.2 Å². The van der Waals surface area contributed by atoms with Gasteiger partial charge in [-0.15, -0.1) is 0 Å². The molecule has 0 radical (unpaired) electrons. The molecule has 1 unspecified atom stereocenters. The van der Waals surface area contributed by atoms with Crippen molar-refractivity contribution in [2.75, 3.05) is 52.9 Å². The van der Waals surface area contributed by atoms with Gasteiger partial charge in [-0.25, -0.2) is 0 Å². The van der Waals surface area contributed by atoms with E-state index in [-0.39, 0.29) is 0 Å². The molecular weight excluding hydrogens is 238 g/mol. The third kappa shape index (κ3) is 6.25. The summed E-state index contributed by atoms with van der Waals surface area (Å²) < 4.78 is 0. The number of hydrogen-bond acceptors (Lipinski definition) is 3. The summed E-state index contributed by atoms with van der Waals surface area (Å²) in [7, 11) is 2.19. The number of likely N-dealkylation sites (N-methyl/N-ethyl adjacent to an activating group) is 1. The Morgan fingerprint density at radius 1 is 1.16 bits per heavy atom. The van der Waals surface area contributed by atoms with Crippen molar-refractivity contribution in [1.29, 1.82) is 0 Å². The third-order valence-corrected chi connectivity index (χ3v) is 3.56. The fraction of sp³-hybridized carbons (Fsp3) is 0.929. The second-order valence-corrected chi connectivity index (χ2v) is 5.33. The minimum atomic E-state index is 0.519. The molecule has 0 spiro atoms. The van der Waals surface area contributed by atoms with Crippen molar-refractivity contribution in [2.45, 2.75) is 33.2 Å². The first-order chi connectivity index (χ1) is 9.17. The van der Waals surface area contributed by atoms with Crippen LogP contribution >= 0.6 is 0 Å². The van der Waals surface area contributed by atoms with Gasteiger partial charge in [-0.1, -0.05) is 6.92 Å². The molecular formula is C14H31N5. The molecule has 0 aliphatic carbocycles. The number of guanidine groups is 1. The maximum atomic E-state index is 4.68. The van der Waals surface area contributed by atoms with Crippen molar-refractivity contribution < 1.29 is 0 Å². The van der Waals surface area contributed by atoms with Crippen molar-refractivity contribution >= 4 is 5.96 Å². The topological polar surface area (TPSA) is 42.9 Å². The minimum Gasteiger partial charge on any atom is -0.357 e. The van der Waals surface area contributed by atoms with Crippen molar-refractivity contribution in [3.63, 3.8) is 0 Å². The van der Waals surface area contributed by atoms with Gasteiger partial charge in [0.25, 0.3) is 0 Å². The molecule has 5 heteroatoms. The summed E-state index contributed by atoms with van der Waals surface area (Å²) in [6.45, 7) is 14.0. The number of nitrogens with zero attached hydrogens (tertiary/aromatic N) is 3. The summed E-state index contributed by atoms with van der Waals surface area (Å²) in [5, 5.41) is 6.64. The van der Waals surface area contributed by atoms with E-state index in [1.54, 1.807) is 0 Å². The highest BCUT2D eigenvalue weighted by molar-refractivity contribution is 5.79. The van der Waals surface area contributed by atoms with Crippen LogP contribution in [0.15, 0.2) is 4.99 Å². The predicted octanol–water partition coefficient (Wildman–Crippen LogP) is 0.587. The minimum absolute atomic E-state index is 0.519. The lowest BCUT2D eigenvalue weighted by atomic mass is 10.2. The Balaban J connectivity index is 2.37. The molecule has 112 valence electrons. The first-order valence-corrected chi connectivity index (χ1v) is 7.62. The second kappa shape index (κ2) is 9.15. The molecule has 0 aromatic carbocycles. The second-order valence-electron chi connectivity index (χ2n) is 5.33. The molecule has 1 aliphatic rings. The summed E-state index contributed by atoms with van der Waals surface area (Å²) in [5.41, 5.74) is 0. The number of nitrogens with one attached hydrogen (secondary N) is 2. The Bertz CT molecular complexity index is 259. The fourth-order valence-electron chi connectivity index (χ4n) is 2.19. The summed E-state index contributed by atoms with van der Waals surface area (Å²) in [5.74, 6) is 0.949. The standard InChI is InChI=1S/C14H31N5/c1-5-7-16-14(15-6-2)17-12-13(3)19-10-8-18(4)9-11-19/h13H,5-12H2,1-4H3,(H2,15,16,17). The van der Waals surface area contributed by atoms with Gasteiger partial charge in [0.2, 0.25) is 0 Å². The molecule has 0 aromatic heterocycles. The summed E-state index contributed by atoms with van der Waals surface area (Å²) in [6.07, 6.45) is 1.12.